The van der Waals surface area contributed by atoms with Crippen molar-refractivity contribution in [3.8, 4) is 0 Å². The van der Waals surface area contributed by atoms with Crippen LogP contribution in [0.5, 0.6) is 0 Å². The highest BCUT2D eigenvalue weighted by Gasteiger charge is 2.61. The predicted molar refractivity (Wildman–Crippen MR) is 93.1 cm³/mol. The van der Waals surface area contributed by atoms with Gasteiger partial charge in [-0.25, -0.2) is 4.98 Å². The van der Waals surface area contributed by atoms with Crippen molar-refractivity contribution in [2.24, 2.45) is 17.3 Å². The van der Waals surface area contributed by atoms with Gasteiger partial charge in [-0.2, -0.15) is 0 Å². The molecule has 1 aromatic carbocycles. The number of benzene rings is 1. The molecule has 0 radical (unpaired) electrons. The van der Waals surface area contributed by atoms with E-state index in [0.29, 0.717) is 11.8 Å². The SMILES string of the molecule is O=C(n1ccnc1)C12CC3CC(C1)CC(c1ccc(Cl)cc1)(C3)C2. The molecule has 0 saturated heterocycles. The largest absolute Gasteiger partial charge is 0.276 e. The van der Waals surface area contributed by atoms with E-state index in [2.05, 4.69) is 17.1 Å². The molecule has 0 N–H and O–H groups in total. The number of hydrogen-bond donors (Lipinski definition) is 0. The smallest absolute Gasteiger partial charge is 0.238 e. The lowest BCUT2D eigenvalue weighted by Gasteiger charge is -2.61. The van der Waals surface area contributed by atoms with E-state index < -0.39 is 0 Å². The lowest BCUT2D eigenvalue weighted by Crippen LogP contribution is -2.57. The first-order chi connectivity index (χ1) is 11.6. The second kappa shape index (κ2) is 4.95. The van der Waals surface area contributed by atoms with E-state index in [9.17, 15) is 4.79 Å². The minimum atomic E-state index is -0.204. The summed E-state index contributed by atoms with van der Waals surface area (Å²) in [6.07, 6.45) is 12.0. The molecule has 3 nitrogen and oxygen atoms in total. The Morgan fingerprint density at radius 3 is 2.46 bits per heavy atom. The van der Waals surface area contributed by atoms with Gasteiger partial charge in [0.05, 0.1) is 5.41 Å². The molecule has 6 rings (SSSR count). The minimum absolute atomic E-state index is 0.158. The van der Waals surface area contributed by atoms with Crippen LogP contribution in [0.25, 0.3) is 0 Å². The lowest BCUT2D eigenvalue weighted by atomic mass is 9.42. The Labute approximate surface area is 147 Å². The van der Waals surface area contributed by atoms with Crippen molar-refractivity contribution in [3.63, 3.8) is 0 Å². The molecule has 2 atom stereocenters. The fourth-order valence-corrected chi connectivity index (χ4v) is 6.43. The van der Waals surface area contributed by atoms with Gasteiger partial charge < -0.3 is 0 Å². The summed E-state index contributed by atoms with van der Waals surface area (Å²) in [6, 6.07) is 8.37. The molecule has 2 unspecified atom stereocenters. The molecule has 4 aliphatic rings. The van der Waals surface area contributed by atoms with Crippen LogP contribution in [-0.4, -0.2) is 15.5 Å². The number of imidazole rings is 1. The van der Waals surface area contributed by atoms with Crippen LogP contribution in [0.2, 0.25) is 5.02 Å². The summed E-state index contributed by atoms with van der Waals surface area (Å²) in [4.78, 5) is 17.4. The number of hydrogen-bond acceptors (Lipinski definition) is 2. The van der Waals surface area contributed by atoms with E-state index in [0.717, 1.165) is 24.3 Å². The third-order valence-electron chi connectivity index (χ3n) is 6.71. The van der Waals surface area contributed by atoms with Gasteiger partial charge in [0.15, 0.2) is 0 Å². The second-order valence-electron chi connectivity index (χ2n) is 8.30. The highest BCUT2D eigenvalue weighted by atomic mass is 35.5. The highest BCUT2D eigenvalue weighted by molar-refractivity contribution is 6.30. The van der Waals surface area contributed by atoms with E-state index in [1.54, 1.807) is 23.3 Å². The first kappa shape index (κ1) is 14.7. The van der Waals surface area contributed by atoms with Gasteiger partial charge in [-0.3, -0.25) is 9.36 Å². The van der Waals surface area contributed by atoms with Crippen LogP contribution in [0.1, 0.15) is 48.9 Å². The average Bonchev–Trinajstić information content (AvgIpc) is 3.07. The molecular weight excluding hydrogens is 320 g/mol. The quantitative estimate of drug-likeness (QED) is 0.793. The molecule has 1 aromatic heterocycles. The molecule has 0 amide bonds. The normalized spacial score (nSPS) is 36.9. The Morgan fingerprint density at radius 2 is 1.83 bits per heavy atom. The Bertz CT molecular complexity index is 766. The van der Waals surface area contributed by atoms with Crippen molar-refractivity contribution in [1.29, 1.82) is 0 Å². The third kappa shape index (κ3) is 2.03. The van der Waals surface area contributed by atoms with Crippen LogP contribution in [0.15, 0.2) is 43.0 Å². The van der Waals surface area contributed by atoms with Crippen molar-refractivity contribution < 1.29 is 4.79 Å². The fourth-order valence-electron chi connectivity index (χ4n) is 6.31. The van der Waals surface area contributed by atoms with Crippen LogP contribution < -0.4 is 0 Å². The van der Waals surface area contributed by atoms with Gasteiger partial charge in [-0.15, -0.1) is 0 Å². The fraction of sp³-hybridized carbons (Fsp3) is 0.500. The average molecular weight is 341 g/mol. The van der Waals surface area contributed by atoms with E-state index in [1.807, 2.05) is 12.1 Å². The monoisotopic (exact) mass is 340 g/mol. The standard InChI is InChI=1S/C20H21ClN2O/c21-17-3-1-16(2-4-17)19-8-14-7-15(9-19)11-20(10-14,12-19)18(24)23-6-5-22-13-23/h1-6,13-15H,7-12H2. The number of carbonyl (C=O) groups excluding carboxylic acids is 1. The topological polar surface area (TPSA) is 34.9 Å². The summed E-state index contributed by atoms with van der Waals surface area (Å²) in [7, 11) is 0. The molecular formula is C20H21ClN2O. The minimum Gasteiger partial charge on any atom is -0.276 e. The number of aromatic nitrogens is 2. The van der Waals surface area contributed by atoms with Crippen molar-refractivity contribution in [1.82, 2.24) is 9.55 Å². The maximum absolute atomic E-state index is 13.3. The molecule has 24 heavy (non-hydrogen) atoms. The number of halogens is 1. The van der Waals surface area contributed by atoms with Gasteiger partial charge >= 0.3 is 0 Å². The van der Waals surface area contributed by atoms with Crippen LogP contribution in [-0.2, 0) is 5.41 Å². The summed E-state index contributed by atoms with van der Waals surface area (Å²) in [5.74, 6) is 1.61. The molecule has 0 spiro atoms. The van der Waals surface area contributed by atoms with Gasteiger partial charge in [0, 0.05) is 17.4 Å². The highest BCUT2D eigenvalue weighted by Crippen LogP contribution is 2.66. The summed E-state index contributed by atoms with van der Waals surface area (Å²) in [6.45, 7) is 0. The van der Waals surface area contributed by atoms with Crippen molar-refractivity contribution >= 4 is 17.5 Å². The molecule has 4 saturated carbocycles. The number of carbonyl (C=O) groups is 1. The summed E-state index contributed by atoms with van der Waals surface area (Å²) < 4.78 is 1.71. The molecule has 0 aliphatic heterocycles. The van der Waals surface area contributed by atoms with Crippen LogP contribution in [0, 0.1) is 17.3 Å². The molecule has 4 heteroatoms. The molecule has 4 aliphatic carbocycles. The molecule has 2 aromatic rings. The zero-order chi connectivity index (χ0) is 16.4. The first-order valence-corrected chi connectivity index (χ1v) is 9.25. The lowest BCUT2D eigenvalue weighted by molar-refractivity contribution is -0.0576. The van der Waals surface area contributed by atoms with Crippen molar-refractivity contribution in [3.05, 3.63) is 53.6 Å². The van der Waals surface area contributed by atoms with Gasteiger partial charge in [-0.05, 0) is 73.5 Å². The zero-order valence-corrected chi connectivity index (χ0v) is 14.4. The van der Waals surface area contributed by atoms with Gasteiger partial charge in [0.1, 0.15) is 6.33 Å². The number of rotatable bonds is 2. The van der Waals surface area contributed by atoms with Crippen molar-refractivity contribution in [2.75, 3.05) is 0 Å². The maximum atomic E-state index is 13.3. The van der Waals surface area contributed by atoms with Crippen molar-refractivity contribution in [2.45, 2.75) is 43.9 Å². The molecule has 4 bridgehead atoms. The van der Waals surface area contributed by atoms with Gasteiger partial charge in [0.2, 0.25) is 5.91 Å². The first-order valence-electron chi connectivity index (χ1n) is 8.88. The van der Waals surface area contributed by atoms with E-state index >= 15 is 0 Å². The van der Waals surface area contributed by atoms with E-state index in [4.69, 9.17) is 11.6 Å². The van der Waals surface area contributed by atoms with Gasteiger partial charge in [-0.1, -0.05) is 23.7 Å². The summed E-state index contributed by atoms with van der Waals surface area (Å²) in [5.41, 5.74) is 1.33. The van der Waals surface area contributed by atoms with E-state index in [-0.39, 0.29) is 16.7 Å². The van der Waals surface area contributed by atoms with Crippen LogP contribution >= 0.6 is 11.6 Å². The Balaban J connectivity index is 1.57. The zero-order valence-electron chi connectivity index (χ0n) is 13.6. The molecule has 1 heterocycles. The second-order valence-corrected chi connectivity index (χ2v) is 8.74. The Morgan fingerprint density at radius 1 is 1.12 bits per heavy atom. The number of nitrogens with zero attached hydrogens (tertiary/aromatic N) is 2. The maximum Gasteiger partial charge on any atom is 0.238 e. The van der Waals surface area contributed by atoms with Gasteiger partial charge in [0.25, 0.3) is 0 Å². The Hall–Kier alpha value is -1.61. The Kier molecular flexibility index (Phi) is 3.03. The predicted octanol–water partition coefficient (Wildman–Crippen LogP) is 4.71. The van der Waals surface area contributed by atoms with E-state index in [1.165, 1.54) is 24.8 Å². The summed E-state index contributed by atoms with van der Waals surface area (Å²) >= 11 is 6.10. The van der Waals surface area contributed by atoms with Crippen LogP contribution in [0.3, 0.4) is 0 Å². The van der Waals surface area contributed by atoms with Crippen LogP contribution in [0.4, 0.5) is 0 Å². The molecule has 4 fully saturated rings. The molecule has 124 valence electrons. The summed E-state index contributed by atoms with van der Waals surface area (Å²) in [5, 5.41) is 0.785. The third-order valence-corrected chi connectivity index (χ3v) is 6.96.